The van der Waals surface area contributed by atoms with Crippen LogP contribution in [0.25, 0.3) is 6.08 Å². The Morgan fingerprint density at radius 3 is 2.59 bits per heavy atom. The second kappa shape index (κ2) is 11.8. The van der Waals surface area contributed by atoms with Gasteiger partial charge in [-0.2, -0.15) is 0 Å². The van der Waals surface area contributed by atoms with Crippen molar-refractivity contribution in [1.82, 2.24) is 10.2 Å². The zero-order valence-corrected chi connectivity index (χ0v) is 19.5. The third kappa shape index (κ3) is 6.66. The van der Waals surface area contributed by atoms with Crippen LogP contribution in [-0.2, 0) is 16.0 Å². The number of ether oxygens (including phenoxy) is 1. The van der Waals surface area contributed by atoms with Crippen molar-refractivity contribution < 1.29 is 19.4 Å². The number of rotatable bonds is 10. The SMILES string of the molecule is COc1ccc(/C=C2\SC(=S)N(CCCC(=O)N[C@@H](CO)Cc3ccccc3)C2=O)cc1. The van der Waals surface area contributed by atoms with Crippen LogP contribution < -0.4 is 10.1 Å². The number of carbonyl (C=O) groups is 2. The first-order valence-electron chi connectivity index (χ1n) is 10.3. The van der Waals surface area contributed by atoms with Gasteiger partial charge in [-0.15, -0.1) is 0 Å². The normalized spacial score (nSPS) is 15.8. The fraction of sp³-hybridized carbons (Fsp3) is 0.292. The summed E-state index contributed by atoms with van der Waals surface area (Å²) in [6.07, 6.45) is 3.10. The first-order chi connectivity index (χ1) is 15.5. The van der Waals surface area contributed by atoms with Crippen LogP contribution >= 0.6 is 24.0 Å². The van der Waals surface area contributed by atoms with Crippen LogP contribution in [0, 0.1) is 0 Å². The van der Waals surface area contributed by atoms with Gasteiger partial charge >= 0.3 is 0 Å². The molecular weight excluding hydrogens is 444 g/mol. The number of methoxy groups -OCH3 is 1. The van der Waals surface area contributed by atoms with Gasteiger partial charge in [0.1, 0.15) is 10.1 Å². The van der Waals surface area contributed by atoms with E-state index in [0.29, 0.717) is 28.6 Å². The van der Waals surface area contributed by atoms with Crippen LogP contribution in [0.4, 0.5) is 0 Å². The highest BCUT2D eigenvalue weighted by atomic mass is 32.2. The maximum atomic E-state index is 12.7. The lowest BCUT2D eigenvalue weighted by molar-refractivity contribution is -0.124. The van der Waals surface area contributed by atoms with Gasteiger partial charge < -0.3 is 15.2 Å². The van der Waals surface area contributed by atoms with Crippen LogP contribution in [0.2, 0.25) is 0 Å². The Morgan fingerprint density at radius 2 is 1.94 bits per heavy atom. The topological polar surface area (TPSA) is 78.9 Å². The molecule has 2 aromatic carbocycles. The number of aliphatic hydroxyl groups is 1. The second-order valence-corrected chi connectivity index (χ2v) is 9.02. The smallest absolute Gasteiger partial charge is 0.266 e. The highest BCUT2D eigenvalue weighted by molar-refractivity contribution is 8.26. The highest BCUT2D eigenvalue weighted by Crippen LogP contribution is 2.32. The molecular formula is C24H26N2O4S2. The van der Waals surface area contributed by atoms with Gasteiger partial charge in [-0.1, -0.05) is 66.4 Å². The van der Waals surface area contributed by atoms with E-state index in [4.69, 9.17) is 17.0 Å². The van der Waals surface area contributed by atoms with Crippen LogP contribution in [0.15, 0.2) is 59.5 Å². The monoisotopic (exact) mass is 470 g/mol. The van der Waals surface area contributed by atoms with E-state index < -0.39 is 0 Å². The zero-order valence-electron chi connectivity index (χ0n) is 17.8. The van der Waals surface area contributed by atoms with Gasteiger partial charge in [-0.25, -0.2) is 0 Å². The molecule has 0 radical (unpaired) electrons. The molecule has 0 bridgehead atoms. The van der Waals surface area contributed by atoms with Crippen molar-refractivity contribution in [3.8, 4) is 5.75 Å². The largest absolute Gasteiger partial charge is 0.497 e. The second-order valence-electron chi connectivity index (χ2n) is 7.35. The number of nitrogens with zero attached hydrogens (tertiary/aromatic N) is 1. The molecule has 0 aromatic heterocycles. The standard InChI is InChI=1S/C24H26N2O4S2/c1-30-20-11-9-18(10-12-20)15-21-23(29)26(24(31)32-21)13-5-8-22(28)25-19(16-27)14-17-6-3-2-4-7-17/h2-4,6-7,9-12,15,19,27H,5,8,13-14,16H2,1H3,(H,25,28)/b21-15-/t19-/m1/s1. The summed E-state index contributed by atoms with van der Waals surface area (Å²) in [6.45, 7) is 0.242. The van der Waals surface area contributed by atoms with Gasteiger partial charge in [-0.05, 0) is 42.2 Å². The average molecular weight is 471 g/mol. The molecule has 1 atom stereocenters. The van der Waals surface area contributed by atoms with E-state index in [1.807, 2.05) is 54.6 Å². The summed E-state index contributed by atoms with van der Waals surface area (Å²) >= 11 is 6.63. The maximum absolute atomic E-state index is 12.7. The van der Waals surface area contributed by atoms with Gasteiger partial charge in [0, 0.05) is 13.0 Å². The summed E-state index contributed by atoms with van der Waals surface area (Å²) in [6, 6.07) is 16.8. The van der Waals surface area contributed by atoms with E-state index in [1.165, 1.54) is 16.7 Å². The molecule has 3 rings (SSSR count). The molecule has 6 nitrogen and oxygen atoms in total. The van der Waals surface area contributed by atoms with Crippen molar-refractivity contribution in [2.75, 3.05) is 20.3 Å². The van der Waals surface area contributed by atoms with Crippen molar-refractivity contribution >= 4 is 46.2 Å². The molecule has 0 aliphatic carbocycles. The average Bonchev–Trinajstić information content (AvgIpc) is 3.07. The molecule has 1 aliphatic rings. The van der Waals surface area contributed by atoms with E-state index in [9.17, 15) is 14.7 Å². The third-order valence-corrected chi connectivity index (χ3v) is 6.36. The van der Waals surface area contributed by atoms with Gasteiger partial charge in [0.2, 0.25) is 5.91 Å². The summed E-state index contributed by atoms with van der Waals surface area (Å²) < 4.78 is 5.64. The quantitative estimate of drug-likeness (QED) is 0.409. The fourth-order valence-electron chi connectivity index (χ4n) is 3.30. The molecule has 8 heteroatoms. The summed E-state index contributed by atoms with van der Waals surface area (Å²) in [5, 5.41) is 12.4. The Bertz CT molecular complexity index is 977. The number of nitrogens with one attached hydrogen (secondary N) is 1. The number of thioether (sulfide) groups is 1. The molecule has 32 heavy (non-hydrogen) atoms. The lowest BCUT2D eigenvalue weighted by Crippen LogP contribution is -2.39. The number of hydrogen-bond acceptors (Lipinski definition) is 6. The van der Waals surface area contributed by atoms with E-state index in [-0.39, 0.29) is 30.9 Å². The molecule has 0 unspecified atom stereocenters. The lowest BCUT2D eigenvalue weighted by Gasteiger charge is -2.17. The molecule has 1 saturated heterocycles. The fourth-order valence-corrected chi connectivity index (χ4v) is 4.61. The molecule has 1 heterocycles. The molecule has 0 spiro atoms. The number of thiocarbonyl (C=S) groups is 1. The van der Waals surface area contributed by atoms with Crippen LogP contribution in [0.1, 0.15) is 24.0 Å². The molecule has 1 aliphatic heterocycles. The van der Waals surface area contributed by atoms with Crippen molar-refractivity contribution in [3.05, 3.63) is 70.6 Å². The Labute approximate surface area is 197 Å². The molecule has 168 valence electrons. The summed E-state index contributed by atoms with van der Waals surface area (Å²) in [5.74, 6) is 0.452. The van der Waals surface area contributed by atoms with Crippen molar-refractivity contribution in [3.63, 3.8) is 0 Å². The van der Waals surface area contributed by atoms with E-state index in [2.05, 4.69) is 5.32 Å². The number of benzene rings is 2. The van der Waals surface area contributed by atoms with Crippen molar-refractivity contribution in [2.24, 2.45) is 0 Å². The van der Waals surface area contributed by atoms with Crippen LogP contribution in [0.5, 0.6) is 5.75 Å². The minimum atomic E-state index is -0.339. The first kappa shape index (κ1) is 24.0. The van der Waals surface area contributed by atoms with Gasteiger partial charge in [0.05, 0.1) is 24.7 Å². The molecule has 1 fully saturated rings. The summed E-state index contributed by atoms with van der Waals surface area (Å²) in [4.78, 5) is 27.1. The van der Waals surface area contributed by atoms with E-state index in [1.54, 1.807) is 13.2 Å². The molecule has 0 saturated carbocycles. The van der Waals surface area contributed by atoms with Gasteiger partial charge in [-0.3, -0.25) is 14.5 Å². The molecule has 2 N–H and O–H groups in total. The van der Waals surface area contributed by atoms with Gasteiger partial charge in [0.25, 0.3) is 5.91 Å². The Kier molecular flexibility index (Phi) is 8.84. The number of amides is 2. The Morgan fingerprint density at radius 1 is 1.22 bits per heavy atom. The predicted octanol–water partition coefficient (Wildman–Crippen LogP) is 3.40. The molecule has 2 amide bonds. The number of aliphatic hydroxyl groups excluding tert-OH is 1. The molecule has 2 aromatic rings. The zero-order chi connectivity index (χ0) is 22.9. The Hall–Kier alpha value is -2.68. The highest BCUT2D eigenvalue weighted by Gasteiger charge is 2.31. The van der Waals surface area contributed by atoms with Crippen LogP contribution in [-0.4, -0.2) is 52.4 Å². The van der Waals surface area contributed by atoms with Crippen molar-refractivity contribution in [1.29, 1.82) is 0 Å². The maximum Gasteiger partial charge on any atom is 0.266 e. The first-order valence-corrected chi connectivity index (χ1v) is 11.6. The number of hydrogen-bond donors (Lipinski definition) is 2. The van der Waals surface area contributed by atoms with E-state index >= 15 is 0 Å². The minimum absolute atomic E-state index is 0.133. The lowest BCUT2D eigenvalue weighted by atomic mass is 10.1. The van der Waals surface area contributed by atoms with Crippen molar-refractivity contribution in [2.45, 2.75) is 25.3 Å². The summed E-state index contributed by atoms with van der Waals surface area (Å²) in [5.41, 5.74) is 1.94. The van der Waals surface area contributed by atoms with E-state index in [0.717, 1.165) is 16.9 Å². The number of carbonyl (C=O) groups excluding carboxylic acids is 2. The van der Waals surface area contributed by atoms with Crippen LogP contribution in [0.3, 0.4) is 0 Å². The minimum Gasteiger partial charge on any atom is -0.497 e. The third-order valence-electron chi connectivity index (χ3n) is 4.98. The van der Waals surface area contributed by atoms with Gasteiger partial charge in [0.15, 0.2) is 0 Å². The predicted molar refractivity (Wildman–Crippen MR) is 131 cm³/mol. The summed E-state index contributed by atoms with van der Waals surface area (Å²) in [7, 11) is 1.60. The Balaban J connectivity index is 1.48.